The van der Waals surface area contributed by atoms with Crippen LogP contribution in [0.1, 0.15) is 66.3 Å². The van der Waals surface area contributed by atoms with Gasteiger partial charge in [0, 0.05) is 51.1 Å². The van der Waals surface area contributed by atoms with Gasteiger partial charge in [0.1, 0.15) is 11.3 Å². The van der Waals surface area contributed by atoms with Gasteiger partial charge in [-0.15, -0.1) is 0 Å². The van der Waals surface area contributed by atoms with Crippen molar-refractivity contribution in [3.8, 4) is 0 Å². The Bertz CT molecular complexity index is 1230. The summed E-state index contributed by atoms with van der Waals surface area (Å²) in [4.78, 5) is 18.0. The van der Waals surface area contributed by atoms with Gasteiger partial charge in [-0.05, 0) is 55.4 Å². The second kappa shape index (κ2) is 12.2. The monoisotopic (exact) mass is 542 g/mol. The summed E-state index contributed by atoms with van der Waals surface area (Å²) < 4.78 is 12.3. The van der Waals surface area contributed by atoms with E-state index in [1.54, 1.807) is 0 Å². The standard InChI is InChI=1S/C30H36Cl2N2O3/c1-2-3-8-27-28(24-7-4-5-9-26(24)37-27)30(35)34-17-12-22(13-18-34)36-19-6-15-33-16-14-23-21(20-33)10-11-25(31)29(23)32/h4-5,7,9-11,22H,2-3,6,8,12-20H2,1H3. The van der Waals surface area contributed by atoms with Crippen LogP contribution in [0.5, 0.6) is 0 Å². The minimum absolute atomic E-state index is 0.0984. The Kier molecular flexibility index (Phi) is 8.76. The van der Waals surface area contributed by atoms with E-state index >= 15 is 0 Å². The molecule has 0 saturated carbocycles. The number of carbonyl (C=O) groups is 1. The summed E-state index contributed by atoms with van der Waals surface area (Å²) in [6.07, 6.45) is 6.79. The van der Waals surface area contributed by atoms with E-state index < -0.39 is 0 Å². The summed E-state index contributed by atoms with van der Waals surface area (Å²) in [5.41, 5.74) is 4.04. The minimum Gasteiger partial charge on any atom is -0.460 e. The summed E-state index contributed by atoms with van der Waals surface area (Å²) >= 11 is 12.6. The van der Waals surface area contributed by atoms with Crippen LogP contribution in [0.15, 0.2) is 40.8 Å². The number of carbonyl (C=O) groups excluding carboxylic acids is 1. The van der Waals surface area contributed by atoms with Crippen molar-refractivity contribution in [3.63, 3.8) is 0 Å². The molecule has 2 aliphatic heterocycles. The molecule has 7 heteroatoms. The maximum atomic E-state index is 13.5. The number of halogens is 2. The molecule has 5 rings (SSSR count). The summed E-state index contributed by atoms with van der Waals surface area (Å²) in [5.74, 6) is 0.929. The van der Waals surface area contributed by atoms with E-state index in [0.29, 0.717) is 10.0 Å². The lowest BCUT2D eigenvalue weighted by molar-refractivity contribution is 0.00505. The van der Waals surface area contributed by atoms with Crippen molar-refractivity contribution in [1.82, 2.24) is 9.80 Å². The van der Waals surface area contributed by atoms with Crippen molar-refractivity contribution in [3.05, 3.63) is 68.9 Å². The van der Waals surface area contributed by atoms with Gasteiger partial charge >= 0.3 is 0 Å². The van der Waals surface area contributed by atoms with E-state index in [0.717, 1.165) is 107 Å². The summed E-state index contributed by atoms with van der Waals surface area (Å²) in [5, 5.41) is 2.29. The highest BCUT2D eigenvalue weighted by Gasteiger charge is 2.29. The molecule has 3 heterocycles. The lowest BCUT2D eigenvalue weighted by atomic mass is 9.99. The molecule has 37 heavy (non-hydrogen) atoms. The van der Waals surface area contributed by atoms with Crippen molar-refractivity contribution < 1.29 is 13.9 Å². The van der Waals surface area contributed by atoms with Gasteiger partial charge in [-0.2, -0.15) is 0 Å². The van der Waals surface area contributed by atoms with Crippen LogP contribution in [0.25, 0.3) is 11.0 Å². The van der Waals surface area contributed by atoms with Gasteiger partial charge in [-0.25, -0.2) is 0 Å². The Morgan fingerprint density at radius 3 is 2.70 bits per heavy atom. The third-order valence-electron chi connectivity index (χ3n) is 7.71. The predicted octanol–water partition coefficient (Wildman–Crippen LogP) is 7.15. The molecule has 0 atom stereocenters. The van der Waals surface area contributed by atoms with Crippen LogP contribution in [-0.4, -0.2) is 54.6 Å². The first-order valence-electron chi connectivity index (χ1n) is 13.6. The van der Waals surface area contributed by atoms with Crippen LogP contribution < -0.4 is 0 Å². The zero-order valence-electron chi connectivity index (χ0n) is 21.6. The number of hydrogen-bond donors (Lipinski definition) is 0. The molecule has 0 unspecified atom stereocenters. The van der Waals surface area contributed by atoms with Crippen LogP contribution in [0.2, 0.25) is 10.0 Å². The number of rotatable bonds is 9. The highest BCUT2D eigenvalue weighted by molar-refractivity contribution is 6.42. The quantitative estimate of drug-likeness (QED) is 0.269. The Morgan fingerprint density at radius 2 is 1.89 bits per heavy atom. The molecule has 0 bridgehead atoms. The lowest BCUT2D eigenvalue weighted by Gasteiger charge is -2.32. The molecular weight excluding hydrogens is 507 g/mol. The fourth-order valence-electron chi connectivity index (χ4n) is 5.60. The molecular formula is C30H36Cl2N2O3. The van der Waals surface area contributed by atoms with E-state index in [2.05, 4.69) is 17.9 Å². The number of para-hydroxylation sites is 1. The molecule has 0 spiro atoms. The van der Waals surface area contributed by atoms with Gasteiger partial charge < -0.3 is 14.1 Å². The number of benzene rings is 2. The number of likely N-dealkylation sites (tertiary alicyclic amines) is 1. The average molecular weight is 544 g/mol. The second-order valence-electron chi connectivity index (χ2n) is 10.2. The van der Waals surface area contributed by atoms with E-state index in [9.17, 15) is 4.79 Å². The van der Waals surface area contributed by atoms with Crippen molar-refractivity contribution in [1.29, 1.82) is 0 Å². The third-order valence-corrected chi connectivity index (χ3v) is 8.55. The van der Waals surface area contributed by atoms with Crippen LogP contribution in [0.3, 0.4) is 0 Å². The molecule has 0 aliphatic carbocycles. The largest absolute Gasteiger partial charge is 0.460 e. The third kappa shape index (κ3) is 6.01. The van der Waals surface area contributed by atoms with Crippen molar-refractivity contribution in [2.75, 3.05) is 32.8 Å². The van der Waals surface area contributed by atoms with Gasteiger partial charge in [-0.3, -0.25) is 9.69 Å². The van der Waals surface area contributed by atoms with E-state index in [1.807, 2.05) is 35.2 Å². The average Bonchev–Trinajstić information content (AvgIpc) is 3.30. The number of fused-ring (bicyclic) bond motifs is 2. The molecule has 3 aromatic rings. The molecule has 1 amide bonds. The first kappa shape index (κ1) is 26.6. The number of amides is 1. The second-order valence-corrected chi connectivity index (χ2v) is 11.0. The summed E-state index contributed by atoms with van der Waals surface area (Å²) in [6.45, 7) is 7.27. The number of unbranched alkanes of at least 4 members (excludes halogenated alkanes) is 1. The Balaban J connectivity index is 1.08. The van der Waals surface area contributed by atoms with Gasteiger partial charge in [0.15, 0.2) is 0 Å². The summed E-state index contributed by atoms with van der Waals surface area (Å²) in [7, 11) is 0. The first-order valence-corrected chi connectivity index (χ1v) is 14.4. The topological polar surface area (TPSA) is 45.9 Å². The molecule has 198 valence electrons. The first-order chi connectivity index (χ1) is 18.0. The Morgan fingerprint density at radius 1 is 1.08 bits per heavy atom. The zero-order valence-corrected chi connectivity index (χ0v) is 23.1. The molecule has 1 aromatic heterocycles. The van der Waals surface area contributed by atoms with Gasteiger partial charge in [0.2, 0.25) is 0 Å². The molecule has 1 saturated heterocycles. The predicted molar refractivity (Wildman–Crippen MR) is 150 cm³/mol. The van der Waals surface area contributed by atoms with Crippen molar-refractivity contribution in [2.45, 2.75) is 64.5 Å². The maximum absolute atomic E-state index is 13.5. The van der Waals surface area contributed by atoms with Crippen LogP contribution in [0, 0.1) is 0 Å². The Labute approximate surface area is 229 Å². The fourth-order valence-corrected chi connectivity index (χ4v) is 6.05. The van der Waals surface area contributed by atoms with Crippen LogP contribution in [0.4, 0.5) is 0 Å². The lowest BCUT2D eigenvalue weighted by Crippen LogP contribution is -2.41. The molecule has 0 radical (unpaired) electrons. The van der Waals surface area contributed by atoms with Crippen LogP contribution >= 0.6 is 23.2 Å². The van der Waals surface area contributed by atoms with Gasteiger partial charge in [0.05, 0.1) is 21.7 Å². The van der Waals surface area contributed by atoms with Crippen molar-refractivity contribution >= 4 is 40.1 Å². The van der Waals surface area contributed by atoms with E-state index in [-0.39, 0.29) is 12.0 Å². The minimum atomic E-state index is 0.0984. The highest BCUT2D eigenvalue weighted by atomic mass is 35.5. The molecule has 1 fully saturated rings. The zero-order chi connectivity index (χ0) is 25.8. The van der Waals surface area contributed by atoms with Crippen LogP contribution in [-0.2, 0) is 24.1 Å². The molecule has 2 aromatic carbocycles. The number of piperidine rings is 1. The van der Waals surface area contributed by atoms with E-state index in [1.165, 1.54) is 11.1 Å². The number of hydrogen-bond acceptors (Lipinski definition) is 4. The maximum Gasteiger partial charge on any atom is 0.258 e. The fraction of sp³-hybridized carbons (Fsp3) is 0.500. The van der Waals surface area contributed by atoms with Gasteiger partial charge in [-0.1, -0.05) is 60.8 Å². The Hall–Kier alpha value is -2.05. The number of furan rings is 1. The van der Waals surface area contributed by atoms with E-state index in [4.69, 9.17) is 32.4 Å². The van der Waals surface area contributed by atoms with Crippen molar-refractivity contribution in [2.24, 2.45) is 0 Å². The summed E-state index contributed by atoms with van der Waals surface area (Å²) in [6, 6.07) is 11.9. The smallest absolute Gasteiger partial charge is 0.258 e. The SMILES string of the molecule is CCCCc1oc2ccccc2c1C(=O)N1CCC(OCCCN2CCc3c(ccc(Cl)c3Cl)C2)CC1. The highest BCUT2D eigenvalue weighted by Crippen LogP contribution is 2.32. The molecule has 0 N–H and O–H groups in total. The number of aryl methyl sites for hydroxylation is 1. The number of nitrogens with zero attached hydrogens (tertiary/aromatic N) is 2. The molecule has 2 aliphatic rings. The molecule has 5 nitrogen and oxygen atoms in total. The van der Waals surface area contributed by atoms with Gasteiger partial charge in [0.25, 0.3) is 5.91 Å². The normalized spacial score (nSPS) is 16.9. The number of ether oxygens (including phenoxy) is 1.